The molecule has 0 aliphatic carbocycles. The SMILES string of the molecule is CCOCc1nc2c(N)nc3ccccc3c2n1CC(C)(C)CC[SH](=O)=O. The molecule has 0 atom stereocenters. The molecule has 0 amide bonds. The van der Waals surface area contributed by atoms with Crippen LogP contribution in [0.15, 0.2) is 24.3 Å². The van der Waals surface area contributed by atoms with Gasteiger partial charge >= 0.3 is 0 Å². The number of nitrogens with zero attached hydrogens (tertiary/aromatic N) is 3. The van der Waals surface area contributed by atoms with Crippen LogP contribution in [0.2, 0.25) is 0 Å². The molecule has 0 saturated carbocycles. The van der Waals surface area contributed by atoms with Gasteiger partial charge in [-0.15, -0.1) is 0 Å². The number of benzene rings is 1. The minimum Gasteiger partial charge on any atom is -0.382 e. The lowest BCUT2D eigenvalue weighted by atomic mass is 9.90. The van der Waals surface area contributed by atoms with E-state index < -0.39 is 10.7 Å². The van der Waals surface area contributed by atoms with Crippen molar-refractivity contribution >= 4 is 38.5 Å². The third-order valence-corrected chi connectivity index (χ3v) is 5.27. The number of fused-ring (bicyclic) bond motifs is 3. The van der Waals surface area contributed by atoms with E-state index in [1.54, 1.807) is 0 Å². The van der Waals surface area contributed by atoms with Crippen LogP contribution in [0.25, 0.3) is 21.9 Å². The molecule has 0 radical (unpaired) electrons. The molecule has 2 heterocycles. The van der Waals surface area contributed by atoms with E-state index >= 15 is 0 Å². The van der Waals surface area contributed by atoms with E-state index in [4.69, 9.17) is 15.5 Å². The molecule has 7 nitrogen and oxygen atoms in total. The molecule has 0 saturated heterocycles. The van der Waals surface area contributed by atoms with E-state index in [9.17, 15) is 8.42 Å². The molecule has 3 rings (SSSR count). The van der Waals surface area contributed by atoms with Crippen molar-refractivity contribution in [2.45, 2.75) is 40.3 Å². The molecule has 0 bridgehead atoms. The molecule has 27 heavy (non-hydrogen) atoms. The predicted octanol–water partition coefficient (Wildman–Crippen LogP) is 2.73. The van der Waals surface area contributed by atoms with Gasteiger partial charge < -0.3 is 15.0 Å². The van der Waals surface area contributed by atoms with Crippen molar-refractivity contribution < 1.29 is 13.2 Å². The molecular weight excluding hydrogens is 364 g/mol. The van der Waals surface area contributed by atoms with Crippen LogP contribution >= 0.6 is 0 Å². The second kappa shape index (κ2) is 7.82. The molecular formula is C19H26N4O3S. The van der Waals surface area contributed by atoms with Gasteiger partial charge in [0.2, 0.25) is 0 Å². The Labute approximate surface area is 160 Å². The van der Waals surface area contributed by atoms with Crippen LogP contribution in [0, 0.1) is 5.41 Å². The summed E-state index contributed by atoms with van der Waals surface area (Å²) in [5.41, 5.74) is 8.35. The molecule has 2 aromatic heterocycles. The lowest BCUT2D eigenvalue weighted by molar-refractivity contribution is 0.123. The highest BCUT2D eigenvalue weighted by Crippen LogP contribution is 2.32. The highest BCUT2D eigenvalue weighted by molar-refractivity contribution is 7.72. The van der Waals surface area contributed by atoms with Crippen LogP contribution in [-0.2, 0) is 28.6 Å². The van der Waals surface area contributed by atoms with Gasteiger partial charge in [0.1, 0.15) is 28.7 Å². The van der Waals surface area contributed by atoms with Gasteiger partial charge in [0, 0.05) is 24.3 Å². The summed E-state index contributed by atoms with van der Waals surface area (Å²) in [5.74, 6) is 1.33. The monoisotopic (exact) mass is 390 g/mol. The van der Waals surface area contributed by atoms with Gasteiger partial charge in [0.25, 0.3) is 0 Å². The summed E-state index contributed by atoms with van der Waals surface area (Å²) >= 11 is 0. The topological polar surface area (TPSA) is 100 Å². The first-order chi connectivity index (χ1) is 12.8. The zero-order valence-electron chi connectivity index (χ0n) is 15.9. The Balaban J connectivity index is 2.17. The average molecular weight is 391 g/mol. The summed E-state index contributed by atoms with van der Waals surface area (Å²) in [6.45, 7) is 7.63. The third kappa shape index (κ3) is 4.22. The molecule has 0 aliphatic rings. The predicted molar refractivity (Wildman–Crippen MR) is 108 cm³/mol. The van der Waals surface area contributed by atoms with Crippen LogP contribution in [0.1, 0.15) is 33.0 Å². The summed E-state index contributed by atoms with van der Waals surface area (Å²) in [7, 11) is -2.39. The number of imidazole rings is 1. The van der Waals surface area contributed by atoms with Crippen LogP contribution < -0.4 is 5.73 Å². The summed E-state index contributed by atoms with van der Waals surface area (Å²) in [4.78, 5) is 9.19. The van der Waals surface area contributed by atoms with E-state index in [1.165, 1.54) is 0 Å². The highest BCUT2D eigenvalue weighted by atomic mass is 32.2. The number of nitrogens with two attached hydrogens (primary N) is 1. The van der Waals surface area contributed by atoms with Crippen LogP contribution in [0.4, 0.5) is 5.82 Å². The Kier molecular flexibility index (Phi) is 5.67. The van der Waals surface area contributed by atoms with Gasteiger partial charge in [0.15, 0.2) is 5.82 Å². The number of nitrogen functional groups attached to an aromatic ring is 1. The Hall–Kier alpha value is -2.19. The second-order valence-corrected chi connectivity index (χ2v) is 8.55. The maximum atomic E-state index is 11.1. The lowest BCUT2D eigenvalue weighted by Crippen LogP contribution is -2.23. The first-order valence-corrected chi connectivity index (χ1v) is 10.4. The van der Waals surface area contributed by atoms with Gasteiger partial charge in [0.05, 0.1) is 11.0 Å². The minimum absolute atomic E-state index is 0.167. The van der Waals surface area contributed by atoms with Crippen LogP contribution in [-0.4, -0.2) is 35.3 Å². The number of rotatable bonds is 8. The quantitative estimate of drug-likeness (QED) is 0.574. The minimum atomic E-state index is -2.39. The summed E-state index contributed by atoms with van der Waals surface area (Å²) in [5, 5.41) is 0.975. The van der Waals surface area contributed by atoms with Crippen molar-refractivity contribution in [3.63, 3.8) is 0 Å². The lowest BCUT2D eigenvalue weighted by Gasteiger charge is -2.26. The number of pyridine rings is 1. The van der Waals surface area contributed by atoms with Gasteiger partial charge in [-0.2, -0.15) is 0 Å². The molecule has 146 valence electrons. The molecule has 0 unspecified atom stereocenters. The smallest absolute Gasteiger partial charge is 0.152 e. The number of thiol groups is 1. The fourth-order valence-electron chi connectivity index (χ4n) is 3.28. The van der Waals surface area contributed by atoms with Gasteiger partial charge in [-0.25, -0.2) is 18.4 Å². The van der Waals surface area contributed by atoms with E-state index in [0.29, 0.717) is 37.5 Å². The standard InChI is InChI=1S/C19H26N4O3S/c1-4-26-11-15-22-16-17(13-7-5-6-8-14(13)21-18(16)20)23(15)12-19(2,3)9-10-27(24)25/h5-8,27H,4,9-12H2,1-3H3,(H2,20,21). The molecule has 0 aliphatic heterocycles. The van der Waals surface area contributed by atoms with E-state index in [1.807, 2.05) is 31.2 Å². The first kappa shape index (κ1) is 19.6. The van der Waals surface area contributed by atoms with Gasteiger partial charge in [-0.1, -0.05) is 32.0 Å². The molecule has 0 fully saturated rings. The number of hydrogen-bond donors (Lipinski definition) is 2. The van der Waals surface area contributed by atoms with Crippen molar-refractivity contribution in [3.8, 4) is 0 Å². The maximum Gasteiger partial charge on any atom is 0.152 e. The normalized spacial score (nSPS) is 12.4. The van der Waals surface area contributed by atoms with Crippen LogP contribution in [0.3, 0.4) is 0 Å². The molecule has 1 aromatic carbocycles. The second-order valence-electron chi connectivity index (χ2n) is 7.43. The van der Waals surface area contributed by atoms with Crippen molar-refractivity contribution in [1.29, 1.82) is 0 Å². The summed E-state index contributed by atoms with van der Waals surface area (Å²) in [6.07, 6.45) is 0.567. The Morgan fingerprint density at radius 3 is 2.67 bits per heavy atom. The van der Waals surface area contributed by atoms with Crippen molar-refractivity contribution in [1.82, 2.24) is 14.5 Å². The Morgan fingerprint density at radius 2 is 1.96 bits per heavy atom. The third-order valence-electron chi connectivity index (χ3n) is 4.68. The van der Waals surface area contributed by atoms with Crippen molar-refractivity contribution in [3.05, 3.63) is 30.1 Å². The summed E-state index contributed by atoms with van der Waals surface area (Å²) in [6, 6.07) is 7.83. The molecule has 3 aromatic rings. The number of aromatic nitrogens is 3. The van der Waals surface area contributed by atoms with E-state index in [-0.39, 0.29) is 11.2 Å². The van der Waals surface area contributed by atoms with Crippen molar-refractivity contribution in [2.24, 2.45) is 5.41 Å². The number of para-hydroxylation sites is 1. The van der Waals surface area contributed by atoms with Crippen molar-refractivity contribution in [2.75, 3.05) is 18.1 Å². The van der Waals surface area contributed by atoms with E-state index in [2.05, 4.69) is 23.4 Å². The van der Waals surface area contributed by atoms with Crippen LogP contribution in [0.5, 0.6) is 0 Å². The van der Waals surface area contributed by atoms with E-state index in [0.717, 1.165) is 22.2 Å². The zero-order valence-corrected chi connectivity index (χ0v) is 16.8. The maximum absolute atomic E-state index is 11.1. The number of ether oxygens (including phenoxy) is 1. The zero-order chi connectivity index (χ0) is 19.6. The largest absolute Gasteiger partial charge is 0.382 e. The molecule has 2 N–H and O–H groups in total. The highest BCUT2D eigenvalue weighted by Gasteiger charge is 2.24. The van der Waals surface area contributed by atoms with Gasteiger partial charge in [-0.05, 0) is 24.8 Å². The Morgan fingerprint density at radius 1 is 1.22 bits per heavy atom. The first-order valence-electron chi connectivity index (χ1n) is 9.05. The average Bonchev–Trinajstić information content (AvgIpc) is 2.97. The number of anilines is 1. The Bertz CT molecular complexity index is 1030. The fourth-order valence-corrected chi connectivity index (χ4v) is 4.07. The number of hydrogen-bond acceptors (Lipinski definition) is 6. The molecule has 0 spiro atoms. The summed E-state index contributed by atoms with van der Waals surface area (Å²) < 4.78 is 29.9. The van der Waals surface area contributed by atoms with Gasteiger partial charge in [-0.3, -0.25) is 0 Å². The molecule has 8 heteroatoms. The fraction of sp³-hybridized carbons (Fsp3) is 0.474.